The average molecular weight is 298 g/mol. The van der Waals surface area contributed by atoms with Crippen molar-refractivity contribution in [2.75, 3.05) is 11.9 Å². The molecule has 1 aromatic rings. The molecule has 2 nitrogen and oxygen atoms in total. The van der Waals surface area contributed by atoms with Crippen LogP contribution in [0.5, 0.6) is 0 Å². The summed E-state index contributed by atoms with van der Waals surface area (Å²) in [5, 5.41) is 13.2. The van der Waals surface area contributed by atoms with Crippen molar-refractivity contribution in [1.82, 2.24) is 0 Å². The summed E-state index contributed by atoms with van der Waals surface area (Å²) >= 11 is 3.47. The molecule has 17 heavy (non-hydrogen) atoms. The van der Waals surface area contributed by atoms with Crippen molar-refractivity contribution in [3.8, 4) is 0 Å². The lowest BCUT2D eigenvalue weighted by Crippen LogP contribution is -2.39. The zero-order chi connectivity index (χ0) is 12.3. The van der Waals surface area contributed by atoms with Gasteiger partial charge in [-0.3, -0.25) is 0 Å². The molecule has 0 aromatic heterocycles. The largest absolute Gasteiger partial charge is 0.394 e. The Morgan fingerprint density at radius 1 is 1.53 bits per heavy atom. The Kier molecular flexibility index (Phi) is 4.10. The van der Waals surface area contributed by atoms with Crippen molar-refractivity contribution in [1.29, 1.82) is 0 Å². The first kappa shape index (κ1) is 12.9. The molecule has 0 spiro atoms. The third kappa shape index (κ3) is 3.02. The fourth-order valence-electron chi connectivity index (χ4n) is 2.75. The highest BCUT2D eigenvalue weighted by Crippen LogP contribution is 2.38. The van der Waals surface area contributed by atoms with Gasteiger partial charge in [-0.25, -0.2) is 0 Å². The van der Waals surface area contributed by atoms with Gasteiger partial charge in [-0.2, -0.15) is 0 Å². The summed E-state index contributed by atoms with van der Waals surface area (Å²) in [5.41, 5.74) is 0.978. The Labute approximate surface area is 112 Å². The minimum Gasteiger partial charge on any atom is -0.394 e. The number of aliphatic hydroxyl groups excluding tert-OH is 1. The average Bonchev–Trinajstić information content (AvgIpc) is 2.73. The monoisotopic (exact) mass is 297 g/mol. The van der Waals surface area contributed by atoms with Crippen LogP contribution in [-0.4, -0.2) is 17.3 Å². The predicted molar refractivity (Wildman–Crippen MR) is 75.2 cm³/mol. The van der Waals surface area contributed by atoms with Gasteiger partial charge in [0.1, 0.15) is 0 Å². The van der Waals surface area contributed by atoms with E-state index in [0.717, 1.165) is 28.9 Å². The summed E-state index contributed by atoms with van der Waals surface area (Å²) in [5.74, 6) is 0.752. The van der Waals surface area contributed by atoms with Gasteiger partial charge in [-0.15, -0.1) is 0 Å². The smallest absolute Gasteiger partial charge is 0.0661 e. The predicted octanol–water partition coefficient (Wildman–Crippen LogP) is 3.80. The zero-order valence-corrected chi connectivity index (χ0v) is 11.8. The van der Waals surface area contributed by atoms with Gasteiger partial charge in [0.2, 0.25) is 0 Å². The van der Waals surface area contributed by atoms with Crippen molar-refractivity contribution < 1.29 is 5.11 Å². The van der Waals surface area contributed by atoms with Gasteiger partial charge >= 0.3 is 0 Å². The Bertz CT molecular complexity index is 382. The van der Waals surface area contributed by atoms with Crippen LogP contribution in [0.3, 0.4) is 0 Å². The highest BCUT2D eigenvalue weighted by Gasteiger charge is 2.37. The standard InChI is InChI=1S/C14H20BrNO/c1-2-11-6-7-14(9-11,10-17)16-13-5-3-4-12(15)8-13/h3-5,8,11,16-17H,2,6-7,9-10H2,1H3. The van der Waals surface area contributed by atoms with Crippen molar-refractivity contribution in [2.45, 2.75) is 38.1 Å². The lowest BCUT2D eigenvalue weighted by atomic mass is 9.95. The van der Waals surface area contributed by atoms with E-state index in [9.17, 15) is 5.11 Å². The van der Waals surface area contributed by atoms with E-state index in [1.807, 2.05) is 12.1 Å². The van der Waals surface area contributed by atoms with E-state index in [0.29, 0.717) is 0 Å². The Hall–Kier alpha value is -0.540. The highest BCUT2D eigenvalue weighted by molar-refractivity contribution is 9.10. The van der Waals surface area contributed by atoms with Crippen molar-refractivity contribution in [2.24, 2.45) is 5.92 Å². The van der Waals surface area contributed by atoms with Crippen LogP contribution in [0.15, 0.2) is 28.7 Å². The van der Waals surface area contributed by atoms with Crippen LogP contribution in [0.1, 0.15) is 32.6 Å². The number of anilines is 1. The number of rotatable bonds is 4. The first-order valence-corrected chi connectivity index (χ1v) is 7.11. The molecule has 0 bridgehead atoms. The molecule has 1 aliphatic carbocycles. The second kappa shape index (κ2) is 5.40. The molecule has 2 unspecified atom stereocenters. The Morgan fingerprint density at radius 3 is 2.94 bits per heavy atom. The van der Waals surface area contributed by atoms with Gasteiger partial charge < -0.3 is 10.4 Å². The van der Waals surface area contributed by atoms with Crippen LogP contribution in [0.4, 0.5) is 5.69 Å². The van der Waals surface area contributed by atoms with Crippen LogP contribution in [-0.2, 0) is 0 Å². The first-order chi connectivity index (χ1) is 8.17. The van der Waals surface area contributed by atoms with Gasteiger partial charge in [-0.1, -0.05) is 35.3 Å². The Balaban J connectivity index is 2.10. The lowest BCUT2D eigenvalue weighted by molar-refractivity contribution is 0.210. The maximum atomic E-state index is 9.69. The second-order valence-corrected chi connectivity index (χ2v) is 6.01. The number of halogens is 1. The van der Waals surface area contributed by atoms with E-state index in [1.165, 1.54) is 12.8 Å². The molecule has 2 N–H and O–H groups in total. The molecule has 0 radical (unpaired) electrons. The molecule has 1 aliphatic rings. The molecule has 1 fully saturated rings. The number of hydrogen-bond acceptors (Lipinski definition) is 2. The van der Waals surface area contributed by atoms with Crippen LogP contribution < -0.4 is 5.32 Å². The number of hydrogen-bond donors (Lipinski definition) is 2. The third-order valence-corrected chi connectivity index (χ3v) is 4.32. The molecule has 2 atom stereocenters. The van der Waals surface area contributed by atoms with E-state index in [1.54, 1.807) is 0 Å². The summed E-state index contributed by atoms with van der Waals surface area (Å²) in [6.45, 7) is 2.45. The molecule has 0 aliphatic heterocycles. The molecule has 0 saturated heterocycles. The highest BCUT2D eigenvalue weighted by atomic mass is 79.9. The molecule has 1 saturated carbocycles. The van der Waals surface area contributed by atoms with E-state index in [2.05, 4.69) is 40.3 Å². The second-order valence-electron chi connectivity index (χ2n) is 5.09. The van der Waals surface area contributed by atoms with Crippen LogP contribution in [0.25, 0.3) is 0 Å². The molecule has 94 valence electrons. The third-order valence-electron chi connectivity index (χ3n) is 3.82. The van der Waals surface area contributed by atoms with Crippen molar-refractivity contribution in [3.63, 3.8) is 0 Å². The van der Waals surface area contributed by atoms with Gasteiger partial charge in [0.05, 0.1) is 12.1 Å². The summed E-state index contributed by atoms with van der Waals surface area (Å²) in [6.07, 6.45) is 4.57. The molecule has 1 aromatic carbocycles. The summed E-state index contributed by atoms with van der Waals surface area (Å²) in [6, 6.07) is 8.15. The molecule has 3 heteroatoms. The quantitative estimate of drug-likeness (QED) is 0.886. The first-order valence-electron chi connectivity index (χ1n) is 6.32. The molecule has 2 rings (SSSR count). The van der Waals surface area contributed by atoms with Crippen LogP contribution in [0.2, 0.25) is 0 Å². The molecular formula is C14H20BrNO. The fraction of sp³-hybridized carbons (Fsp3) is 0.571. The van der Waals surface area contributed by atoms with E-state index in [-0.39, 0.29) is 12.1 Å². The molecule has 0 amide bonds. The fourth-order valence-corrected chi connectivity index (χ4v) is 3.15. The maximum Gasteiger partial charge on any atom is 0.0661 e. The number of aliphatic hydroxyl groups is 1. The van der Waals surface area contributed by atoms with E-state index >= 15 is 0 Å². The van der Waals surface area contributed by atoms with Gasteiger partial charge in [-0.05, 0) is 43.4 Å². The normalized spacial score (nSPS) is 28.3. The summed E-state index contributed by atoms with van der Waals surface area (Å²) in [4.78, 5) is 0. The van der Waals surface area contributed by atoms with Gasteiger partial charge in [0, 0.05) is 10.2 Å². The topological polar surface area (TPSA) is 32.3 Å². The van der Waals surface area contributed by atoms with Crippen molar-refractivity contribution in [3.05, 3.63) is 28.7 Å². The number of benzene rings is 1. The lowest BCUT2D eigenvalue weighted by Gasteiger charge is -2.30. The zero-order valence-electron chi connectivity index (χ0n) is 10.2. The minimum absolute atomic E-state index is 0.110. The van der Waals surface area contributed by atoms with Gasteiger partial charge in [0.25, 0.3) is 0 Å². The minimum atomic E-state index is -0.110. The van der Waals surface area contributed by atoms with Gasteiger partial charge in [0.15, 0.2) is 0 Å². The number of nitrogens with one attached hydrogen (secondary N) is 1. The van der Waals surface area contributed by atoms with E-state index in [4.69, 9.17) is 0 Å². The van der Waals surface area contributed by atoms with Crippen molar-refractivity contribution >= 4 is 21.6 Å². The Morgan fingerprint density at radius 2 is 2.35 bits per heavy atom. The molecular weight excluding hydrogens is 278 g/mol. The summed E-state index contributed by atoms with van der Waals surface area (Å²) in [7, 11) is 0. The van der Waals surface area contributed by atoms with Crippen LogP contribution in [0, 0.1) is 5.92 Å². The van der Waals surface area contributed by atoms with E-state index < -0.39 is 0 Å². The van der Waals surface area contributed by atoms with Crippen LogP contribution >= 0.6 is 15.9 Å². The molecule has 0 heterocycles. The SMILES string of the molecule is CCC1CCC(CO)(Nc2cccc(Br)c2)C1. The summed E-state index contributed by atoms with van der Waals surface area (Å²) < 4.78 is 1.07. The maximum absolute atomic E-state index is 9.69.